The van der Waals surface area contributed by atoms with Gasteiger partial charge in [-0.05, 0) is 42.3 Å². The van der Waals surface area contributed by atoms with E-state index in [9.17, 15) is 14.4 Å². The van der Waals surface area contributed by atoms with E-state index < -0.39 is 5.82 Å². The molecule has 4 rings (SSSR count). The molecule has 0 saturated carbocycles. The van der Waals surface area contributed by atoms with Crippen LogP contribution in [0.15, 0.2) is 36.5 Å². The van der Waals surface area contributed by atoms with E-state index in [1.54, 1.807) is 30.3 Å². The Morgan fingerprint density at radius 3 is 2.90 bits per heavy atom. The van der Waals surface area contributed by atoms with Crippen molar-refractivity contribution in [1.82, 2.24) is 9.97 Å². The largest absolute Gasteiger partial charge is 0.482 e. The molecule has 0 atom stereocenters. The van der Waals surface area contributed by atoms with Crippen molar-refractivity contribution in [3.05, 3.63) is 58.5 Å². The van der Waals surface area contributed by atoms with Gasteiger partial charge in [0.25, 0.3) is 5.91 Å². The Balaban J connectivity index is 1.59. The fourth-order valence-corrected chi connectivity index (χ4v) is 3.32. The number of anilines is 5. The Morgan fingerprint density at radius 1 is 1.29 bits per heavy atom. The molecule has 156 valence electrons. The normalized spacial score (nSPS) is 12.3. The maximum atomic E-state index is 14.3. The average molecular weight is 439 g/mol. The molecule has 1 aromatic heterocycles. The van der Waals surface area contributed by atoms with Crippen LogP contribution in [0.3, 0.4) is 0 Å². The molecule has 0 bridgehead atoms. The van der Waals surface area contributed by atoms with Gasteiger partial charge < -0.3 is 20.7 Å². The lowest BCUT2D eigenvalue weighted by molar-refractivity contribution is -0.118. The molecule has 8 nitrogen and oxygen atoms in total. The summed E-state index contributed by atoms with van der Waals surface area (Å²) >= 11 is 6.20. The zero-order valence-corrected chi connectivity index (χ0v) is 17.0. The number of nitrogens with one attached hydrogen (secondary N) is 3. The van der Waals surface area contributed by atoms with E-state index >= 15 is 0 Å². The van der Waals surface area contributed by atoms with Gasteiger partial charge in [-0.2, -0.15) is 10.2 Å². The van der Waals surface area contributed by atoms with Gasteiger partial charge in [0.2, 0.25) is 5.95 Å². The summed E-state index contributed by atoms with van der Waals surface area (Å²) < 4.78 is 19.6. The molecule has 0 radical (unpaired) electrons. The van der Waals surface area contributed by atoms with Gasteiger partial charge in [-0.25, -0.2) is 9.37 Å². The van der Waals surface area contributed by atoms with Crippen molar-refractivity contribution in [3.63, 3.8) is 0 Å². The summed E-state index contributed by atoms with van der Waals surface area (Å²) in [6, 6.07) is 10.4. The number of amides is 1. The maximum absolute atomic E-state index is 14.3. The molecular weight excluding hydrogens is 423 g/mol. The third-order valence-corrected chi connectivity index (χ3v) is 4.97. The van der Waals surface area contributed by atoms with Crippen LogP contribution in [0, 0.1) is 17.1 Å². The number of hydrogen-bond donors (Lipinski definition) is 3. The van der Waals surface area contributed by atoms with Crippen molar-refractivity contribution in [3.8, 4) is 11.8 Å². The highest BCUT2D eigenvalue weighted by molar-refractivity contribution is 6.32. The second-order valence-corrected chi connectivity index (χ2v) is 7.03. The molecule has 0 unspecified atom stereocenters. The lowest BCUT2D eigenvalue weighted by atomic mass is 10.1. The number of aromatic nitrogens is 2. The number of aryl methyl sites for hydroxylation is 1. The highest BCUT2D eigenvalue weighted by Crippen LogP contribution is 2.32. The first kappa shape index (κ1) is 20.4. The molecule has 1 aliphatic rings. The van der Waals surface area contributed by atoms with Crippen molar-refractivity contribution in [2.24, 2.45) is 0 Å². The first-order valence-electron chi connectivity index (χ1n) is 9.32. The van der Waals surface area contributed by atoms with E-state index in [0.29, 0.717) is 39.8 Å². The summed E-state index contributed by atoms with van der Waals surface area (Å²) in [4.78, 5) is 19.6. The Labute approximate surface area is 182 Å². The molecule has 0 aliphatic carbocycles. The lowest BCUT2D eigenvalue weighted by Gasteiger charge is -2.19. The maximum Gasteiger partial charge on any atom is 0.262 e. The summed E-state index contributed by atoms with van der Waals surface area (Å²) in [5, 5.41) is 18.2. The van der Waals surface area contributed by atoms with Crippen LogP contribution >= 0.6 is 11.6 Å². The minimum Gasteiger partial charge on any atom is -0.482 e. The van der Waals surface area contributed by atoms with Gasteiger partial charge in [0.1, 0.15) is 11.8 Å². The zero-order chi connectivity index (χ0) is 22.0. The second kappa shape index (κ2) is 8.45. The van der Waals surface area contributed by atoms with Crippen LogP contribution in [0.4, 0.5) is 33.2 Å². The SMILES string of the molecule is CCc1cc(Nc2ncc(F)c(Nc3ccc4c(c3)NC(=O)CO4)n2)cc(C#N)c1Cl. The number of carbonyl (C=O) groups excluding carboxylic acids is 1. The zero-order valence-electron chi connectivity index (χ0n) is 16.3. The minimum absolute atomic E-state index is 0.0483. The Morgan fingerprint density at radius 2 is 2.13 bits per heavy atom. The van der Waals surface area contributed by atoms with Crippen molar-refractivity contribution in [2.45, 2.75) is 13.3 Å². The average Bonchev–Trinajstić information content (AvgIpc) is 2.76. The first-order valence-corrected chi connectivity index (χ1v) is 9.70. The van der Waals surface area contributed by atoms with E-state index in [1.807, 2.05) is 6.92 Å². The van der Waals surface area contributed by atoms with Crippen molar-refractivity contribution < 1.29 is 13.9 Å². The number of rotatable bonds is 5. The van der Waals surface area contributed by atoms with Gasteiger partial charge in [-0.1, -0.05) is 18.5 Å². The lowest BCUT2D eigenvalue weighted by Crippen LogP contribution is -2.25. The fourth-order valence-electron chi connectivity index (χ4n) is 3.04. The van der Waals surface area contributed by atoms with Gasteiger partial charge in [-0.3, -0.25) is 4.79 Å². The summed E-state index contributed by atoms with van der Waals surface area (Å²) in [6.45, 7) is 1.88. The molecule has 0 spiro atoms. The predicted octanol–water partition coefficient (Wildman–Crippen LogP) is 4.52. The smallest absolute Gasteiger partial charge is 0.262 e. The number of hydrogen-bond acceptors (Lipinski definition) is 7. The number of carbonyl (C=O) groups is 1. The molecule has 1 aliphatic heterocycles. The highest BCUT2D eigenvalue weighted by Gasteiger charge is 2.17. The van der Waals surface area contributed by atoms with Crippen LogP contribution in [0.25, 0.3) is 0 Å². The molecule has 2 aromatic carbocycles. The van der Waals surface area contributed by atoms with Gasteiger partial charge >= 0.3 is 0 Å². The summed E-state index contributed by atoms with van der Waals surface area (Å²) in [5.41, 5.74) is 2.65. The molecular formula is C21H16ClFN6O2. The molecule has 10 heteroatoms. The van der Waals surface area contributed by atoms with Gasteiger partial charge in [0.15, 0.2) is 18.2 Å². The van der Waals surface area contributed by atoms with Crippen LogP contribution in [-0.2, 0) is 11.2 Å². The van der Waals surface area contributed by atoms with E-state index in [4.69, 9.17) is 16.3 Å². The van der Waals surface area contributed by atoms with Crippen molar-refractivity contribution in [2.75, 3.05) is 22.6 Å². The topological polar surface area (TPSA) is 112 Å². The first-order chi connectivity index (χ1) is 15.0. The molecule has 3 N–H and O–H groups in total. The second-order valence-electron chi connectivity index (χ2n) is 6.65. The standard InChI is InChI=1S/C21H16ClFN6O2/c1-2-11-5-14(6-12(8-24)19(11)22)27-21-25-9-15(23)20(29-21)26-13-3-4-17-16(7-13)28-18(30)10-31-17/h3-7,9H,2,10H2,1H3,(H,28,30)(H2,25,26,27,29). The minimum atomic E-state index is -0.661. The highest BCUT2D eigenvalue weighted by atomic mass is 35.5. The van der Waals surface area contributed by atoms with Gasteiger partial charge in [0.05, 0.1) is 22.5 Å². The van der Waals surface area contributed by atoms with E-state index in [0.717, 1.165) is 11.8 Å². The third-order valence-electron chi connectivity index (χ3n) is 4.52. The quantitative estimate of drug-likeness (QED) is 0.536. The number of benzene rings is 2. The molecule has 0 fully saturated rings. The Hall–Kier alpha value is -3.90. The molecule has 3 aromatic rings. The number of fused-ring (bicyclic) bond motifs is 1. The van der Waals surface area contributed by atoms with Crippen LogP contribution in [0.2, 0.25) is 5.02 Å². The fraction of sp³-hybridized carbons (Fsp3) is 0.143. The summed E-state index contributed by atoms with van der Waals surface area (Å²) in [7, 11) is 0. The van der Waals surface area contributed by atoms with Crippen LogP contribution in [-0.4, -0.2) is 22.5 Å². The van der Waals surface area contributed by atoms with E-state index in [-0.39, 0.29) is 24.3 Å². The summed E-state index contributed by atoms with van der Waals surface area (Å²) in [5.74, 6) is -0.335. The van der Waals surface area contributed by atoms with Gasteiger partial charge in [0, 0.05) is 11.4 Å². The number of ether oxygens (including phenoxy) is 1. The molecule has 31 heavy (non-hydrogen) atoms. The predicted molar refractivity (Wildman–Crippen MR) is 115 cm³/mol. The number of nitriles is 1. The number of halogens is 2. The van der Waals surface area contributed by atoms with Crippen molar-refractivity contribution in [1.29, 1.82) is 5.26 Å². The number of nitrogens with zero attached hydrogens (tertiary/aromatic N) is 3. The Kier molecular flexibility index (Phi) is 5.56. The van der Waals surface area contributed by atoms with Crippen LogP contribution in [0.5, 0.6) is 5.75 Å². The molecule has 1 amide bonds. The monoisotopic (exact) mass is 438 g/mol. The van der Waals surface area contributed by atoms with E-state index in [1.165, 1.54) is 0 Å². The third kappa shape index (κ3) is 4.34. The van der Waals surface area contributed by atoms with Gasteiger partial charge in [-0.15, -0.1) is 0 Å². The van der Waals surface area contributed by atoms with Crippen LogP contribution < -0.4 is 20.7 Å². The summed E-state index contributed by atoms with van der Waals surface area (Å²) in [6.07, 6.45) is 1.67. The molecule has 2 heterocycles. The van der Waals surface area contributed by atoms with Crippen molar-refractivity contribution >= 4 is 46.3 Å². The molecule has 0 saturated heterocycles. The van der Waals surface area contributed by atoms with Crippen LogP contribution in [0.1, 0.15) is 18.1 Å². The Bertz CT molecular complexity index is 1230. The van der Waals surface area contributed by atoms with E-state index in [2.05, 4.69) is 32.0 Å².